The molecule has 0 fully saturated rings. The fourth-order valence-electron chi connectivity index (χ4n) is 3.29. The first kappa shape index (κ1) is 35.5. The van der Waals surface area contributed by atoms with Gasteiger partial charge in [-0.25, -0.2) is 14.4 Å². The van der Waals surface area contributed by atoms with Crippen molar-refractivity contribution in [1.29, 1.82) is 0 Å². The van der Waals surface area contributed by atoms with Gasteiger partial charge in [0.2, 0.25) is 0 Å². The summed E-state index contributed by atoms with van der Waals surface area (Å²) < 4.78 is 32.8. The summed E-state index contributed by atoms with van der Waals surface area (Å²) >= 11 is 0. The first-order valence-corrected chi connectivity index (χ1v) is 12.7. The highest BCUT2D eigenvalue weighted by Gasteiger charge is 2.40. The highest BCUT2D eigenvalue weighted by atomic mass is 16.6. The van der Waals surface area contributed by atoms with Crippen LogP contribution in [-0.2, 0) is 42.8 Å². The molecule has 0 atom stereocenters. The Kier molecular flexibility index (Phi) is 17.4. The highest BCUT2D eigenvalue weighted by Crippen LogP contribution is 2.34. The molecule has 0 aromatic heterocycles. The quantitative estimate of drug-likeness (QED) is 0.0942. The van der Waals surface area contributed by atoms with E-state index in [1.807, 2.05) is 13.8 Å². The molecule has 10 heteroatoms. The third-order valence-corrected chi connectivity index (χ3v) is 5.67. The molecule has 0 saturated heterocycles. The van der Waals surface area contributed by atoms with Gasteiger partial charge < -0.3 is 33.5 Å². The van der Waals surface area contributed by atoms with Crippen molar-refractivity contribution in [2.45, 2.75) is 59.5 Å². The maximum atomic E-state index is 11.6. The third-order valence-electron chi connectivity index (χ3n) is 5.67. The Morgan fingerprint density at radius 3 is 1.13 bits per heavy atom. The molecular weight excluding hydrogens is 496 g/mol. The number of aliphatic hydroxyl groups is 1. The Morgan fingerprint density at radius 2 is 0.895 bits per heavy atom. The third kappa shape index (κ3) is 15.0. The number of esters is 3. The van der Waals surface area contributed by atoms with Crippen LogP contribution >= 0.6 is 0 Å². The Hall–Kier alpha value is -2.53. The van der Waals surface area contributed by atoms with Crippen LogP contribution in [0.2, 0.25) is 0 Å². The Morgan fingerprint density at radius 1 is 0.605 bits per heavy atom. The van der Waals surface area contributed by atoms with Crippen LogP contribution < -0.4 is 0 Å². The van der Waals surface area contributed by atoms with Gasteiger partial charge in [0.15, 0.2) is 0 Å². The van der Waals surface area contributed by atoms with Crippen molar-refractivity contribution in [2.75, 3.05) is 59.5 Å². The molecule has 1 N–H and O–H groups in total. The monoisotopic (exact) mass is 542 g/mol. The molecule has 38 heavy (non-hydrogen) atoms. The predicted molar refractivity (Wildman–Crippen MR) is 142 cm³/mol. The van der Waals surface area contributed by atoms with Crippen molar-refractivity contribution >= 4 is 17.9 Å². The number of hydrogen-bond donors (Lipinski definition) is 1. The van der Waals surface area contributed by atoms with E-state index in [0.29, 0.717) is 12.8 Å². The summed E-state index contributed by atoms with van der Waals surface area (Å²) in [5.74, 6) is -1.52. The lowest BCUT2D eigenvalue weighted by Gasteiger charge is -2.40. The molecule has 0 aliphatic heterocycles. The molecule has 0 rings (SSSR count). The van der Waals surface area contributed by atoms with Gasteiger partial charge in [-0.2, -0.15) is 0 Å². The molecule has 0 saturated carbocycles. The Labute approximate surface area is 226 Å². The molecular formula is C28H46O10. The van der Waals surface area contributed by atoms with E-state index in [1.54, 1.807) is 20.8 Å². The zero-order chi connectivity index (χ0) is 29.2. The van der Waals surface area contributed by atoms with Gasteiger partial charge in [-0.05, 0) is 40.0 Å². The van der Waals surface area contributed by atoms with Gasteiger partial charge in [0.05, 0.1) is 45.2 Å². The number of carbonyl (C=O) groups excluding carboxylic acids is 3. The van der Waals surface area contributed by atoms with Gasteiger partial charge in [-0.3, -0.25) is 0 Å². The van der Waals surface area contributed by atoms with E-state index in [0.717, 1.165) is 0 Å². The second-order valence-electron chi connectivity index (χ2n) is 9.51. The average Bonchev–Trinajstić information content (AvgIpc) is 2.87. The van der Waals surface area contributed by atoms with Crippen molar-refractivity contribution in [3.8, 4) is 0 Å². The summed E-state index contributed by atoms with van der Waals surface area (Å²) in [6.07, 6.45) is 1.28. The van der Waals surface area contributed by atoms with Crippen molar-refractivity contribution < 1.29 is 47.9 Å². The highest BCUT2D eigenvalue weighted by molar-refractivity contribution is 5.87. The second-order valence-corrected chi connectivity index (χ2v) is 9.51. The zero-order valence-electron chi connectivity index (χ0n) is 23.7. The van der Waals surface area contributed by atoms with Gasteiger partial charge in [0.25, 0.3) is 0 Å². The molecule has 218 valence electrons. The number of carbonyl (C=O) groups is 3. The number of ether oxygens (including phenoxy) is 6. The van der Waals surface area contributed by atoms with Crippen LogP contribution in [0.1, 0.15) is 53.9 Å². The minimum Gasteiger partial charge on any atom is -0.460 e. The van der Waals surface area contributed by atoms with Crippen molar-refractivity contribution in [2.24, 2.45) is 5.41 Å². The minimum absolute atomic E-state index is 0.0308. The van der Waals surface area contributed by atoms with Crippen LogP contribution in [0.25, 0.3) is 0 Å². The smallest absolute Gasteiger partial charge is 0.333 e. The van der Waals surface area contributed by atoms with Crippen molar-refractivity contribution in [1.82, 2.24) is 0 Å². The summed E-state index contributed by atoms with van der Waals surface area (Å²) in [6.45, 7) is 19.9. The molecule has 0 unspecified atom stereocenters. The normalized spacial score (nSPS) is 11.5. The summed E-state index contributed by atoms with van der Waals surface area (Å²) in [4.78, 5) is 34.9. The second kappa shape index (κ2) is 18.7. The number of rotatable bonds is 22. The van der Waals surface area contributed by atoms with E-state index in [4.69, 9.17) is 28.4 Å². The van der Waals surface area contributed by atoms with Crippen LogP contribution in [0.3, 0.4) is 0 Å². The lowest BCUT2D eigenvalue weighted by molar-refractivity contribution is -0.146. The van der Waals surface area contributed by atoms with Crippen molar-refractivity contribution in [3.63, 3.8) is 0 Å². The van der Waals surface area contributed by atoms with Crippen molar-refractivity contribution in [3.05, 3.63) is 36.5 Å². The van der Waals surface area contributed by atoms with Gasteiger partial charge in [-0.1, -0.05) is 33.6 Å². The molecule has 0 radical (unpaired) electrons. The largest absolute Gasteiger partial charge is 0.460 e. The maximum Gasteiger partial charge on any atom is 0.333 e. The fraction of sp³-hybridized carbons (Fsp3) is 0.679. The summed E-state index contributed by atoms with van der Waals surface area (Å²) in [6, 6.07) is 0. The van der Waals surface area contributed by atoms with Gasteiger partial charge in [0, 0.05) is 22.1 Å². The van der Waals surface area contributed by atoms with E-state index in [2.05, 4.69) is 19.7 Å². The lowest BCUT2D eigenvalue weighted by Crippen LogP contribution is -2.45. The van der Waals surface area contributed by atoms with Crippen LogP contribution in [0.5, 0.6) is 0 Å². The van der Waals surface area contributed by atoms with Gasteiger partial charge >= 0.3 is 17.9 Å². The van der Waals surface area contributed by atoms with E-state index >= 15 is 0 Å². The molecule has 0 aliphatic carbocycles. The molecule has 0 amide bonds. The van der Waals surface area contributed by atoms with Crippen LogP contribution in [0, 0.1) is 5.41 Å². The van der Waals surface area contributed by atoms with Gasteiger partial charge in [0.1, 0.15) is 19.8 Å². The van der Waals surface area contributed by atoms with E-state index < -0.39 is 28.9 Å². The summed E-state index contributed by atoms with van der Waals surface area (Å²) in [5, 5.41) is 11.2. The topological polar surface area (TPSA) is 127 Å². The standard InChI is InChI=1S/C28H46O10/c1-9-28(32,10-2)17-27(18-33-11-14-36-24(29)21(3)4,19-34-12-15-37-25(30)22(5)6)20-35-13-16-38-26(31)23(7)8/h32H,3,5,7,9-20H2,1-2,4,6,8H3. The average molecular weight is 543 g/mol. The molecule has 0 heterocycles. The summed E-state index contributed by atoms with van der Waals surface area (Å²) in [5.41, 5.74) is -0.956. The van der Waals surface area contributed by atoms with E-state index in [1.165, 1.54) is 0 Å². The van der Waals surface area contributed by atoms with Crippen LogP contribution in [-0.4, -0.2) is 88.1 Å². The molecule has 0 bridgehead atoms. The molecule has 0 spiro atoms. The minimum atomic E-state index is -1.01. The Bertz CT molecular complexity index is 709. The molecule has 0 aliphatic rings. The maximum absolute atomic E-state index is 11.6. The van der Waals surface area contributed by atoms with Crippen LogP contribution in [0.4, 0.5) is 0 Å². The van der Waals surface area contributed by atoms with E-state index in [9.17, 15) is 19.5 Å². The van der Waals surface area contributed by atoms with E-state index in [-0.39, 0.29) is 82.6 Å². The lowest BCUT2D eigenvalue weighted by atomic mass is 9.76. The fourth-order valence-corrected chi connectivity index (χ4v) is 3.29. The summed E-state index contributed by atoms with van der Waals surface area (Å²) in [7, 11) is 0. The molecule has 0 aromatic carbocycles. The first-order valence-electron chi connectivity index (χ1n) is 12.7. The first-order chi connectivity index (χ1) is 17.8. The molecule has 10 nitrogen and oxygen atoms in total. The Balaban J connectivity index is 5.39. The van der Waals surface area contributed by atoms with Crippen LogP contribution in [0.15, 0.2) is 36.5 Å². The number of hydrogen-bond acceptors (Lipinski definition) is 10. The SMILES string of the molecule is C=C(C)C(=O)OCCOCC(COCCOC(=O)C(=C)C)(COCCOC(=O)C(=C)C)CC(O)(CC)CC. The molecule has 0 aromatic rings. The van der Waals surface area contributed by atoms with Gasteiger partial charge in [-0.15, -0.1) is 0 Å². The predicted octanol–water partition coefficient (Wildman–Crippen LogP) is 3.32. The zero-order valence-corrected chi connectivity index (χ0v) is 23.7.